The van der Waals surface area contributed by atoms with Gasteiger partial charge in [-0.15, -0.1) is 0 Å². The molecule has 0 aliphatic carbocycles. The van der Waals surface area contributed by atoms with Crippen LogP contribution in [0.5, 0.6) is 0 Å². The molecule has 3 heterocycles. The lowest BCUT2D eigenvalue weighted by atomic mass is 9.92. The second-order valence-electron chi connectivity index (χ2n) is 10.00. The van der Waals surface area contributed by atoms with Gasteiger partial charge in [0, 0.05) is 51.5 Å². The number of likely N-dealkylation sites (tertiary alicyclic amines) is 2. The molecule has 2 fully saturated rings. The number of aryl methyl sites for hydroxylation is 1. The number of amides is 3. The van der Waals surface area contributed by atoms with Gasteiger partial charge in [-0.1, -0.05) is 36.4 Å². The third-order valence-corrected chi connectivity index (χ3v) is 7.52. The summed E-state index contributed by atoms with van der Waals surface area (Å²) < 4.78 is 1.61. The highest BCUT2D eigenvalue weighted by Crippen LogP contribution is 2.26. The van der Waals surface area contributed by atoms with Gasteiger partial charge < -0.3 is 15.1 Å². The zero-order valence-corrected chi connectivity index (χ0v) is 20.7. The van der Waals surface area contributed by atoms with E-state index < -0.39 is 0 Å². The summed E-state index contributed by atoms with van der Waals surface area (Å²) in [7, 11) is 1.79. The first kappa shape index (κ1) is 24.0. The van der Waals surface area contributed by atoms with Crippen molar-refractivity contribution in [1.29, 1.82) is 0 Å². The van der Waals surface area contributed by atoms with Crippen molar-refractivity contribution in [3.05, 3.63) is 66.0 Å². The minimum absolute atomic E-state index is 0.00682. The number of hydrogen-bond acceptors (Lipinski definition) is 4. The fraction of sp³-hybridized carbons (Fsp3) is 0.429. The molecule has 2 aliphatic heterocycles. The highest BCUT2D eigenvalue weighted by Gasteiger charge is 2.33. The maximum Gasteiger partial charge on any atom is 0.254 e. The summed E-state index contributed by atoms with van der Waals surface area (Å²) in [4.78, 5) is 42.8. The number of nitrogens with zero attached hydrogens (tertiary/aromatic N) is 4. The molecule has 36 heavy (non-hydrogen) atoms. The fourth-order valence-electron chi connectivity index (χ4n) is 5.44. The van der Waals surface area contributed by atoms with Gasteiger partial charge >= 0.3 is 0 Å². The summed E-state index contributed by atoms with van der Waals surface area (Å²) in [5, 5.41) is 9.04. The van der Waals surface area contributed by atoms with Crippen LogP contribution < -0.4 is 5.32 Å². The molecule has 2 saturated heterocycles. The standard InChI is InChI=1S/C28H33N5O3/c1-31-18-23(17-30-31)26(34)29-16-20-11-14-32(15-12-20)27(35)22-8-5-13-33(19-22)28(36)25-10-4-7-21-6-2-3-9-24(21)25/h2-4,6-7,9-10,17-18,20,22H,5,8,11-16,19H2,1H3,(H,29,34). The van der Waals surface area contributed by atoms with Gasteiger partial charge in [0.15, 0.2) is 0 Å². The Bertz CT molecular complexity index is 1260. The molecule has 1 unspecified atom stereocenters. The van der Waals surface area contributed by atoms with E-state index in [4.69, 9.17) is 0 Å². The van der Waals surface area contributed by atoms with Crippen LogP contribution in [0.4, 0.5) is 0 Å². The quantitative estimate of drug-likeness (QED) is 0.599. The van der Waals surface area contributed by atoms with Gasteiger partial charge in [0.25, 0.3) is 11.8 Å². The molecule has 2 aliphatic rings. The van der Waals surface area contributed by atoms with Gasteiger partial charge in [0.05, 0.1) is 17.7 Å². The molecule has 0 bridgehead atoms. The number of carbonyl (C=O) groups is 3. The molecule has 2 aromatic carbocycles. The van der Waals surface area contributed by atoms with Gasteiger partial charge in [-0.05, 0) is 48.4 Å². The van der Waals surface area contributed by atoms with Gasteiger partial charge in [0.1, 0.15) is 0 Å². The minimum Gasteiger partial charge on any atom is -0.352 e. The van der Waals surface area contributed by atoms with E-state index >= 15 is 0 Å². The Balaban J connectivity index is 1.14. The number of hydrogen-bond donors (Lipinski definition) is 1. The second kappa shape index (κ2) is 10.5. The monoisotopic (exact) mass is 487 g/mol. The molecule has 3 amide bonds. The van der Waals surface area contributed by atoms with Crippen molar-refractivity contribution in [3.63, 3.8) is 0 Å². The van der Waals surface area contributed by atoms with Crippen LogP contribution in [0, 0.1) is 11.8 Å². The zero-order chi connectivity index (χ0) is 25.1. The molecule has 1 aromatic heterocycles. The van der Waals surface area contributed by atoms with Crippen molar-refractivity contribution in [2.75, 3.05) is 32.7 Å². The van der Waals surface area contributed by atoms with E-state index in [-0.39, 0.29) is 23.6 Å². The van der Waals surface area contributed by atoms with Crippen LogP contribution in [0.1, 0.15) is 46.4 Å². The lowest BCUT2D eigenvalue weighted by molar-refractivity contribution is -0.138. The topological polar surface area (TPSA) is 87.5 Å². The average molecular weight is 488 g/mol. The predicted molar refractivity (Wildman–Crippen MR) is 137 cm³/mol. The smallest absolute Gasteiger partial charge is 0.254 e. The van der Waals surface area contributed by atoms with E-state index in [1.807, 2.05) is 52.3 Å². The van der Waals surface area contributed by atoms with E-state index in [1.165, 1.54) is 0 Å². The Labute approximate surface area is 211 Å². The molecule has 8 heteroatoms. The van der Waals surface area contributed by atoms with Crippen LogP contribution in [0.2, 0.25) is 0 Å². The summed E-state index contributed by atoms with van der Waals surface area (Å²) >= 11 is 0. The van der Waals surface area contributed by atoms with Crippen molar-refractivity contribution >= 4 is 28.5 Å². The Kier molecular flexibility index (Phi) is 7.02. The summed E-state index contributed by atoms with van der Waals surface area (Å²) in [6.45, 7) is 3.15. The number of benzene rings is 2. The molecular formula is C28H33N5O3. The highest BCUT2D eigenvalue weighted by atomic mass is 16.2. The Hall–Kier alpha value is -3.68. The number of nitrogens with one attached hydrogen (secondary N) is 1. The van der Waals surface area contributed by atoms with Crippen LogP contribution in [0.25, 0.3) is 10.8 Å². The van der Waals surface area contributed by atoms with E-state index in [0.29, 0.717) is 49.8 Å². The number of rotatable bonds is 5. The first-order valence-electron chi connectivity index (χ1n) is 12.8. The van der Waals surface area contributed by atoms with E-state index in [1.54, 1.807) is 24.1 Å². The molecule has 5 rings (SSSR count). The number of piperidine rings is 2. The molecule has 0 spiro atoms. The lowest BCUT2D eigenvalue weighted by Crippen LogP contribution is -2.49. The van der Waals surface area contributed by atoms with Gasteiger partial charge in [-0.3, -0.25) is 19.1 Å². The molecule has 0 saturated carbocycles. The Morgan fingerprint density at radius 2 is 1.75 bits per heavy atom. The van der Waals surface area contributed by atoms with Crippen LogP contribution in [-0.4, -0.2) is 70.0 Å². The third kappa shape index (κ3) is 5.12. The maximum atomic E-state index is 13.4. The van der Waals surface area contributed by atoms with Crippen LogP contribution in [0.15, 0.2) is 54.9 Å². The summed E-state index contributed by atoms with van der Waals surface area (Å²) in [5.41, 5.74) is 1.26. The Morgan fingerprint density at radius 3 is 2.53 bits per heavy atom. The highest BCUT2D eigenvalue weighted by molar-refractivity contribution is 6.07. The summed E-state index contributed by atoms with van der Waals surface area (Å²) in [5.74, 6) is 0.250. The largest absolute Gasteiger partial charge is 0.352 e. The average Bonchev–Trinajstić information content (AvgIpc) is 3.37. The van der Waals surface area contributed by atoms with E-state index in [9.17, 15) is 14.4 Å². The Morgan fingerprint density at radius 1 is 0.972 bits per heavy atom. The fourth-order valence-corrected chi connectivity index (χ4v) is 5.44. The van der Waals surface area contributed by atoms with Crippen molar-refractivity contribution in [3.8, 4) is 0 Å². The van der Waals surface area contributed by atoms with Crippen molar-refractivity contribution in [2.45, 2.75) is 25.7 Å². The summed E-state index contributed by atoms with van der Waals surface area (Å²) in [6, 6.07) is 13.8. The molecule has 0 radical (unpaired) electrons. The van der Waals surface area contributed by atoms with Crippen LogP contribution in [-0.2, 0) is 11.8 Å². The van der Waals surface area contributed by atoms with E-state index in [0.717, 1.165) is 36.5 Å². The maximum absolute atomic E-state index is 13.4. The van der Waals surface area contributed by atoms with Crippen molar-refractivity contribution in [2.24, 2.45) is 18.9 Å². The molecule has 1 atom stereocenters. The first-order valence-corrected chi connectivity index (χ1v) is 12.8. The van der Waals surface area contributed by atoms with Gasteiger partial charge in [-0.25, -0.2) is 0 Å². The second-order valence-corrected chi connectivity index (χ2v) is 10.00. The SMILES string of the molecule is Cn1cc(C(=O)NCC2CCN(C(=O)C3CCCN(C(=O)c4cccc5ccccc45)C3)CC2)cn1. The zero-order valence-electron chi connectivity index (χ0n) is 20.7. The number of carbonyl (C=O) groups excluding carboxylic acids is 3. The molecule has 1 N–H and O–H groups in total. The third-order valence-electron chi connectivity index (χ3n) is 7.52. The van der Waals surface area contributed by atoms with Crippen LogP contribution in [0.3, 0.4) is 0 Å². The number of fused-ring (bicyclic) bond motifs is 1. The first-order chi connectivity index (χ1) is 17.5. The summed E-state index contributed by atoms with van der Waals surface area (Å²) in [6.07, 6.45) is 6.65. The normalized spacial score (nSPS) is 18.9. The van der Waals surface area contributed by atoms with Crippen molar-refractivity contribution < 1.29 is 14.4 Å². The molecular weight excluding hydrogens is 454 g/mol. The van der Waals surface area contributed by atoms with Gasteiger partial charge in [-0.2, -0.15) is 5.10 Å². The minimum atomic E-state index is -0.153. The van der Waals surface area contributed by atoms with Crippen molar-refractivity contribution in [1.82, 2.24) is 24.9 Å². The lowest BCUT2D eigenvalue weighted by Gasteiger charge is -2.38. The van der Waals surface area contributed by atoms with E-state index in [2.05, 4.69) is 10.4 Å². The molecule has 3 aromatic rings. The molecule has 8 nitrogen and oxygen atoms in total. The predicted octanol–water partition coefficient (Wildman–Crippen LogP) is 3.09. The number of aromatic nitrogens is 2. The van der Waals surface area contributed by atoms with Crippen LogP contribution >= 0.6 is 0 Å². The molecule has 188 valence electrons. The van der Waals surface area contributed by atoms with Gasteiger partial charge in [0.2, 0.25) is 5.91 Å².